The van der Waals surface area contributed by atoms with E-state index < -0.39 is 6.10 Å². The zero-order chi connectivity index (χ0) is 9.26. The van der Waals surface area contributed by atoms with Gasteiger partial charge in [0.15, 0.2) is 0 Å². The first kappa shape index (κ1) is 8.69. The van der Waals surface area contributed by atoms with Gasteiger partial charge in [0.2, 0.25) is 0 Å². The number of hydrogen-bond acceptors (Lipinski definition) is 3. The molecule has 0 saturated heterocycles. The zero-order valence-electron chi connectivity index (χ0n) is 6.97. The number of fused-ring (bicyclic) bond motifs is 1. The molecule has 0 amide bonds. The van der Waals surface area contributed by atoms with Gasteiger partial charge in [0.05, 0.1) is 6.61 Å². The van der Waals surface area contributed by atoms with Gasteiger partial charge < -0.3 is 10.2 Å². The summed E-state index contributed by atoms with van der Waals surface area (Å²) in [6.07, 6.45) is -0.754. The third kappa shape index (κ3) is 1.46. The van der Waals surface area contributed by atoms with Gasteiger partial charge in [-0.1, -0.05) is 18.2 Å². The lowest BCUT2D eigenvalue weighted by Gasteiger charge is -2.04. The summed E-state index contributed by atoms with van der Waals surface area (Å²) in [6.45, 7) is -0.222. The highest BCUT2D eigenvalue weighted by molar-refractivity contribution is 7.17. The van der Waals surface area contributed by atoms with Gasteiger partial charge in [-0.2, -0.15) is 0 Å². The Morgan fingerprint density at radius 3 is 2.85 bits per heavy atom. The first-order valence-electron chi connectivity index (χ1n) is 4.08. The normalized spacial score (nSPS) is 13.4. The van der Waals surface area contributed by atoms with E-state index in [2.05, 4.69) is 0 Å². The fourth-order valence-electron chi connectivity index (χ4n) is 1.35. The Kier molecular flexibility index (Phi) is 2.31. The lowest BCUT2D eigenvalue weighted by atomic mass is 10.1. The molecule has 2 nitrogen and oxygen atoms in total. The molecule has 1 aromatic heterocycles. The minimum Gasteiger partial charge on any atom is -0.393 e. The highest BCUT2D eigenvalue weighted by Gasteiger charge is 2.10. The summed E-state index contributed by atoms with van der Waals surface area (Å²) >= 11 is 1.59. The average molecular weight is 194 g/mol. The van der Waals surface area contributed by atoms with Crippen LogP contribution in [0.15, 0.2) is 29.6 Å². The molecule has 1 unspecified atom stereocenters. The predicted octanol–water partition coefficient (Wildman–Crippen LogP) is 1.93. The fraction of sp³-hybridized carbons (Fsp3) is 0.200. The van der Waals surface area contributed by atoms with Gasteiger partial charge in [-0.15, -0.1) is 11.3 Å². The third-order valence-corrected chi connectivity index (χ3v) is 3.02. The van der Waals surface area contributed by atoms with Crippen LogP contribution in [-0.4, -0.2) is 16.8 Å². The summed E-state index contributed by atoms with van der Waals surface area (Å²) in [4.78, 5) is 0. The summed E-state index contributed by atoms with van der Waals surface area (Å²) in [5.74, 6) is 0. The van der Waals surface area contributed by atoms with Gasteiger partial charge in [0, 0.05) is 10.3 Å². The Hall–Kier alpha value is -0.900. The molecule has 2 rings (SSSR count). The van der Waals surface area contributed by atoms with Crippen LogP contribution in [-0.2, 0) is 0 Å². The molecule has 1 aromatic carbocycles. The number of aliphatic hydroxyl groups is 2. The van der Waals surface area contributed by atoms with Gasteiger partial charge in [-0.3, -0.25) is 0 Å². The predicted molar refractivity (Wildman–Crippen MR) is 53.9 cm³/mol. The van der Waals surface area contributed by atoms with E-state index in [-0.39, 0.29) is 6.61 Å². The van der Waals surface area contributed by atoms with Crippen molar-refractivity contribution in [3.8, 4) is 0 Å². The highest BCUT2D eigenvalue weighted by Crippen LogP contribution is 2.29. The number of benzene rings is 1. The van der Waals surface area contributed by atoms with Gasteiger partial charge >= 0.3 is 0 Å². The molecule has 2 aromatic rings. The van der Waals surface area contributed by atoms with Gasteiger partial charge in [-0.25, -0.2) is 0 Å². The van der Waals surface area contributed by atoms with E-state index in [1.54, 1.807) is 11.3 Å². The molecule has 2 N–H and O–H groups in total. The maximum absolute atomic E-state index is 9.47. The first-order valence-corrected chi connectivity index (χ1v) is 4.96. The molecule has 1 heterocycles. The van der Waals surface area contributed by atoms with Gasteiger partial charge in [0.25, 0.3) is 0 Å². The molecule has 0 aliphatic heterocycles. The minimum atomic E-state index is -0.754. The van der Waals surface area contributed by atoms with Crippen LogP contribution in [0.5, 0.6) is 0 Å². The van der Waals surface area contributed by atoms with Crippen LogP contribution in [0.2, 0.25) is 0 Å². The average Bonchev–Trinajstić information content (AvgIpc) is 2.60. The summed E-state index contributed by atoms with van der Waals surface area (Å²) in [5.41, 5.74) is 0.822. The monoisotopic (exact) mass is 194 g/mol. The number of hydrogen-bond donors (Lipinski definition) is 2. The van der Waals surface area contributed by atoms with Crippen molar-refractivity contribution >= 4 is 21.4 Å². The van der Waals surface area contributed by atoms with E-state index >= 15 is 0 Å². The molecule has 1 atom stereocenters. The Bertz CT molecular complexity index is 408. The lowest BCUT2D eigenvalue weighted by Crippen LogP contribution is -2.00. The van der Waals surface area contributed by atoms with E-state index in [4.69, 9.17) is 5.11 Å². The topological polar surface area (TPSA) is 40.5 Å². The second kappa shape index (κ2) is 3.46. The van der Waals surface area contributed by atoms with E-state index in [0.29, 0.717) is 0 Å². The quantitative estimate of drug-likeness (QED) is 0.766. The van der Waals surface area contributed by atoms with Crippen LogP contribution in [0.25, 0.3) is 10.1 Å². The summed E-state index contributed by atoms with van der Waals surface area (Å²) in [5, 5.41) is 21.2. The molecule has 0 aliphatic carbocycles. The van der Waals surface area contributed by atoms with E-state index in [9.17, 15) is 5.11 Å². The van der Waals surface area contributed by atoms with Crippen molar-refractivity contribution in [2.75, 3.05) is 6.61 Å². The molecular formula is C10H10O2S. The molecule has 0 fully saturated rings. The van der Waals surface area contributed by atoms with Crippen molar-refractivity contribution in [1.29, 1.82) is 0 Å². The van der Waals surface area contributed by atoms with Crippen molar-refractivity contribution in [2.45, 2.75) is 6.10 Å². The maximum Gasteiger partial charge on any atom is 0.103 e. The van der Waals surface area contributed by atoms with Crippen molar-refractivity contribution < 1.29 is 10.2 Å². The fourth-order valence-corrected chi connectivity index (χ4v) is 2.36. The molecule has 0 spiro atoms. The van der Waals surface area contributed by atoms with Crippen LogP contribution < -0.4 is 0 Å². The number of aliphatic hydroxyl groups excluding tert-OH is 2. The summed E-state index contributed by atoms with van der Waals surface area (Å²) in [7, 11) is 0. The van der Waals surface area contributed by atoms with Crippen LogP contribution in [0, 0.1) is 0 Å². The Morgan fingerprint density at radius 2 is 2.08 bits per heavy atom. The molecule has 13 heavy (non-hydrogen) atoms. The SMILES string of the molecule is OCC(O)c1csc2ccccc12. The maximum atomic E-state index is 9.47. The Morgan fingerprint density at radius 1 is 1.31 bits per heavy atom. The van der Waals surface area contributed by atoms with Crippen LogP contribution in [0.3, 0.4) is 0 Å². The molecule has 0 radical (unpaired) electrons. The highest BCUT2D eigenvalue weighted by atomic mass is 32.1. The molecule has 3 heteroatoms. The second-order valence-corrected chi connectivity index (χ2v) is 3.80. The molecule has 0 saturated carbocycles. The summed E-state index contributed by atoms with van der Waals surface area (Å²) in [6, 6.07) is 7.87. The van der Waals surface area contributed by atoms with Gasteiger partial charge in [0.1, 0.15) is 6.10 Å². The zero-order valence-corrected chi connectivity index (χ0v) is 7.79. The third-order valence-electron chi connectivity index (χ3n) is 2.04. The van der Waals surface area contributed by atoms with Crippen LogP contribution in [0.1, 0.15) is 11.7 Å². The Balaban J connectivity index is 2.57. The van der Waals surface area contributed by atoms with Crippen molar-refractivity contribution in [3.63, 3.8) is 0 Å². The lowest BCUT2D eigenvalue weighted by molar-refractivity contribution is 0.0970. The summed E-state index contributed by atoms with van der Waals surface area (Å²) < 4.78 is 1.14. The van der Waals surface area contributed by atoms with E-state index in [1.165, 1.54) is 0 Å². The van der Waals surface area contributed by atoms with Crippen molar-refractivity contribution in [3.05, 3.63) is 35.2 Å². The first-order chi connectivity index (χ1) is 6.33. The Labute approximate surface area is 80.1 Å². The number of rotatable bonds is 2. The minimum absolute atomic E-state index is 0.222. The molecule has 0 aliphatic rings. The van der Waals surface area contributed by atoms with Crippen LogP contribution in [0.4, 0.5) is 0 Å². The molecular weight excluding hydrogens is 184 g/mol. The van der Waals surface area contributed by atoms with E-state index in [1.807, 2.05) is 29.6 Å². The number of thiophene rings is 1. The standard InChI is InChI=1S/C10H10O2S/c11-5-9(12)8-6-13-10-4-2-1-3-7(8)10/h1-4,6,9,11-12H,5H2. The van der Waals surface area contributed by atoms with Gasteiger partial charge in [-0.05, 0) is 16.8 Å². The molecule has 0 bridgehead atoms. The largest absolute Gasteiger partial charge is 0.393 e. The smallest absolute Gasteiger partial charge is 0.103 e. The second-order valence-electron chi connectivity index (χ2n) is 2.89. The van der Waals surface area contributed by atoms with Crippen LogP contribution >= 0.6 is 11.3 Å². The van der Waals surface area contributed by atoms with Crippen molar-refractivity contribution in [1.82, 2.24) is 0 Å². The van der Waals surface area contributed by atoms with E-state index in [0.717, 1.165) is 15.6 Å². The van der Waals surface area contributed by atoms with Crippen molar-refractivity contribution in [2.24, 2.45) is 0 Å². The molecule has 68 valence electrons.